The Bertz CT molecular complexity index is 999. The molecule has 0 unspecified atom stereocenters. The summed E-state index contributed by atoms with van der Waals surface area (Å²) >= 11 is 0. The standard InChI is InChI=1S/C28H31NO5/c30-17-25-16-27(33-19-23-12-6-2-7-13-23)26(21-32-18-22-10-4-1-5-11-22)29(25)28(31)34-20-24-14-8-3-9-15-24/h1-15,25-27,30H,16-21H2/t25-,26+,27-/m0/s1. The van der Waals surface area contributed by atoms with Crippen molar-refractivity contribution in [2.75, 3.05) is 13.2 Å². The Morgan fingerprint density at radius 3 is 1.88 bits per heavy atom. The number of hydrogen-bond acceptors (Lipinski definition) is 5. The summed E-state index contributed by atoms with van der Waals surface area (Å²) in [7, 11) is 0. The Balaban J connectivity index is 1.44. The van der Waals surface area contributed by atoms with Gasteiger partial charge in [0.25, 0.3) is 0 Å². The maximum atomic E-state index is 13.1. The van der Waals surface area contributed by atoms with Gasteiger partial charge < -0.3 is 19.3 Å². The van der Waals surface area contributed by atoms with Crippen molar-refractivity contribution in [2.45, 2.75) is 44.4 Å². The first kappa shape index (κ1) is 24.0. The molecule has 3 atom stereocenters. The maximum Gasteiger partial charge on any atom is 0.410 e. The molecule has 0 spiro atoms. The summed E-state index contributed by atoms with van der Waals surface area (Å²) in [5, 5.41) is 10.0. The molecule has 6 heteroatoms. The number of carbonyl (C=O) groups excluding carboxylic acids is 1. The number of benzene rings is 3. The summed E-state index contributed by atoms with van der Waals surface area (Å²) in [6.45, 7) is 1.14. The van der Waals surface area contributed by atoms with Gasteiger partial charge in [-0.3, -0.25) is 4.90 Å². The Labute approximate surface area is 200 Å². The topological polar surface area (TPSA) is 68.2 Å². The van der Waals surface area contributed by atoms with Crippen LogP contribution in [0.2, 0.25) is 0 Å². The van der Waals surface area contributed by atoms with Crippen LogP contribution in [0.4, 0.5) is 4.79 Å². The van der Waals surface area contributed by atoms with E-state index in [9.17, 15) is 9.90 Å². The highest BCUT2D eigenvalue weighted by molar-refractivity contribution is 5.69. The molecule has 6 nitrogen and oxygen atoms in total. The molecule has 0 saturated carbocycles. The quantitative estimate of drug-likeness (QED) is 0.479. The Kier molecular flexibility index (Phi) is 8.68. The van der Waals surface area contributed by atoms with Crippen LogP contribution >= 0.6 is 0 Å². The molecule has 3 aromatic rings. The zero-order valence-electron chi connectivity index (χ0n) is 19.2. The lowest BCUT2D eigenvalue weighted by Gasteiger charge is -2.30. The van der Waals surface area contributed by atoms with Crippen molar-refractivity contribution in [1.82, 2.24) is 4.90 Å². The van der Waals surface area contributed by atoms with E-state index in [-0.39, 0.29) is 32.0 Å². The second kappa shape index (κ2) is 12.3. The third-order valence-corrected chi connectivity index (χ3v) is 6.02. The monoisotopic (exact) mass is 461 g/mol. The van der Waals surface area contributed by atoms with Crippen LogP contribution in [-0.2, 0) is 34.0 Å². The van der Waals surface area contributed by atoms with Gasteiger partial charge in [-0.15, -0.1) is 0 Å². The minimum atomic E-state index is -0.470. The summed E-state index contributed by atoms with van der Waals surface area (Å²) in [6.07, 6.45) is -0.234. The van der Waals surface area contributed by atoms with E-state index in [4.69, 9.17) is 14.2 Å². The average Bonchev–Trinajstić information content (AvgIpc) is 3.25. The van der Waals surface area contributed by atoms with Crippen LogP contribution in [0, 0.1) is 0 Å². The predicted molar refractivity (Wildman–Crippen MR) is 129 cm³/mol. The van der Waals surface area contributed by atoms with E-state index in [0.717, 1.165) is 16.7 Å². The number of ether oxygens (including phenoxy) is 3. The smallest absolute Gasteiger partial charge is 0.410 e. The number of hydrogen-bond donors (Lipinski definition) is 1. The first-order chi connectivity index (χ1) is 16.7. The molecule has 1 N–H and O–H groups in total. The van der Waals surface area contributed by atoms with Gasteiger partial charge in [0, 0.05) is 0 Å². The fourth-order valence-corrected chi connectivity index (χ4v) is 4.25. The van der Waals surface area contributed by atoms with Crippen molar-refractivity contribution in [3.63, 3.8) is 0 Å². The third kappa shape index (κ3) is 6.44. The van der Waals surface area contributed by atoms with Crippen LogP contribution in [0.1, 0.15) is 23.1 Å². The first-order valence-corrected chi connectivity index (χ1v) is 11.6. The second-order valence-electron chi connectivity index (χ2n) is 8.42. The summed E-state index contributed by atoms with van der Waals surface area (Å²) < 4.78 is 17.9. The van der Waals surface area contributed by atoms with E-state index in [1.54, 1.807) is 4.90 Å². The normalized spacial score (nSPS) is 19.8. The lowest BCUT2D eigenvalue weighted by atomic mass is 10.1. The molecule has 0 aliphatic carbocycles. The molecular weight excluding hydrogens is 430 g/mol. The lowest BCUT2D eigenvalue weighted by Crippen LogP contribution is -2.47. The average molecular weight is 462 g/mol. The number of likely N-dealkylation sites (tertiary alicyclic amines) is 1. The van der Waals surface area contributed by atoms with Crippen LogP contribution in [-0.4, -0.2) is 47.5 Å². The number of amides is 1. The van der Waals surface area contributed by atoms with Gasteiger partial charge in [0.05, 0.1) is 44.6 Å². The minimum Gasteiger partial charge on any atom is -0.445 e. The number of aliphatic hydroxyl groups is 1. The largest absolute Gasteiger partial charge is 0.445 e. The van der Waals surface area contributed by atoms with Gasteiger partial charge in [-0.05, 0) is 23.1 Å². The van der Waals surface area contributed by atoms with E-state index in [2.05, 4.69) is 0 Å². The predicted octanol–water partition coefficient (Wildman–Crippen LogP) is 4.56. The summed E-state index contributed by atoms with van der Waals surface area (Å²) in [5.41, 5.74) is 3.01. The van der Waals surface area contributed by atoms with E-state index in [1.807, 2.05) is 91.0 Å². The van der Waals surface area contributed by atoms with Gasteiger partial charge in [-0.2, -0.15) is 0 Å². The SMILES string of the molecule is O=C(OCc1ccccc1)N1[C@H](CO)C[C@H](OCc2ccccc2)[C@H]1COCc1ccccc1. The number of nitrogens with zero attached hydrogens (tertiary/aromatic N) is 1. The molecule has 1 amide bonds. The van der Waals surface area contributed by atoms with Crippen LogP contribution < -0.4 is 0 Å². The van der Waals surface area contributed by atoms with Crippen LogP contribution in [0.5, 0.6) is 0 Å². The molecule has 4 rings (SSSR count). The molecule has 178 valence electrons. The summed E-state index contributed by atoms with van der Waals surface area (Å²) in [4.78, 5) is 14.7. The van der Waals surface area contributed by atoms with Crippen molar-refractivity contribution >= 4 is 6.09 Å². The van der Waals surface area contributed by atoms with Crippen molar-refractivity contribution < 1.29 is 24.1 Å². The van der Waals surface area contributed by atoms with E-state index < -0.39 is 12.1 Å². The number of carbonyl (C=O) groups is 1. The third-order valence-electron chi connectivity index (χ3n) is 6.02. The minimum absolute atomic E-state index is 0.166. The molecule has 1 fully saturated rings. The fourth-order valence-electron chi connectivity index (χ4n) is 4.25. The van der Waals surface area contributed by atoms with Gasteiger partial charge in [-0.1, -0.05) is 91.0 Å². The zero-order chi connectivity index (χ0) is 23.6. The second-order valence-corrected chi connectivity index (χ2v) is 8.42. The van der Waals surface area contributed by atoms with Crippen LogP contribution in [0.3, 0.4) is 0 Å². The molecule has 0 radical (unpaired) electrons. The van der Waals surface area contributed by atoms with Gasteiger partial charge in [-0.25, -0.2) is 4.79 Å². The molecule has 1 saturated heterocycles. The van der Waals surface area contributed by atoms with Crippen molar-refractivity contribution in [2.24, 2.45) is 0 Å². The van der Waals surface area contributed by atoms with Crippen molar-refractivity contribution in [3.05, 3.63) is 108 Å². The number of rotatable bonds is 10. The molecule has 1 heterocycles. The number of aliphatic hydroxyl groups excluding tert-OH is 1. The maximum absolute atomic E-state index is 13.1. The zero-order valence-corrected chi connectivity index (χ0v) is 19.2. The summed E-state index contributed by atoms with van der Waals surface area (Å²) in [5.74, 6) is 0. The Morgan fingerprint density at radius 1 is 0.794 bits per heavy atom. The molecule has 34 heavy (non-hydrogen) atoms. The highest BCUT2D eigenvalue weighted by Crippen LogP contribution is 2.29. The molecule has 0 bridgehead atoms. The van der Waals surface area contributed by atoms with Gasteiger partial charge in [0.2, 0.25) is 0 Å². The molecule has 0 aromatic heterocycles. The summed E-state index contributed by atoms with van der Waals surface area (Å²) in [6, 6.07) is 28.6. The molecule has 1 aliphatic rings. The van der Waals surface area contributed by atoms with Gasteiger partial charge in [0.15, 0.2) is 0 Å². The van der Waals surface area contributed by atoms with Gasteiger partial charge in [0.1, 0.15) is 6.61 Å². The lowest BCUT2D eigenvalue weighted by molar-refractivity contribution is -0.0250. The Morgan fingerprint density at radius 2 is 1.32 bits per heavy atom. The molecule has 3 aromatic carbocycles. The molecular formula is C28H31NO5. The van der Waals surface area contributed by atoms with E-state index in [1.165, 1.54) is 0 Å². The van der Waals surface area contributed by atoms with Crippen LogP contribution in [0.25, 0.3) is 0 Å². The first-order valence-electron chi connectivity index (χ1n) is 11.6. The Hall–Kier alpha value is -3.19. The van der Waals surface area contributed by atoms with Gasteiger partial charge >= 0.3 is 6.09 Å². The highest BCUT2D eigenvalue weighted by atomic mass is 16.6. The van der Waals surface area contributed by atoms with Crippen molar-refractivity contribution in [1.29, 1.82) is 0 Å². The van der Waals surface area contributed by atoms with E-state index >= 15 is 0 Å². The van der Waals surface area contributed by atoms with E-state index in [0.29, 0.717) is 19.6 Å². The highest BCUT2D eigenvalue weighted by Gasteiger charge is 2.45. The van der Waals surface area contributed by atoms with Crippen LogP contribution in [0.15, 0.2) is 91.0 Å². The van der Waals surface area contributed by atoms with Crippen molar-refractivity contribution in [3.8, 4) is 0 Å². The fraction of sp³-hybridized carbons (Fsp3) is 0.321. The molecule has 1 aliphatic heterocycles.